The van der Waals surface area contributed by atoms with E-state index in [9.17, 15) is 4.79 Å². The third kappa shape index (κ3) is 4.70. The van der Waals surface area contributed by atoms with Gasteiger partial charge in [-0.05, 0) is 62.4 Å². The van der Waals surface area contributed by atoms with Crippen LogP contribution in [0.3, 0.4) is 0 Å². The molecule has 3 nitrogen and oxygen atoms in total. The van der Waals surface area contributed by atoms with Crippen molar-refractivity contribution in [2.24, 2.45) is 17.8 Å². The fourth-order valence-electron chi connectivity index (χ4n) is 3.62. The van der Waals surface area contributed by atoms with Crippen molar-refractivity contribution in [1.29, 1.82) is 0 Å². The molecule has 0 heterocycles. The number of carbonyl (C=O) groups is 1. The van der Waals surface area contributed by atoms with E-state index in [-0.39, 0.29) is 12.4 Å². The number of esters is 1. The fraction of sp³-hybridized carbons (Fsp3) is 0.722. The van der Waals surface area contributed by atoms with Gasteiger partial charge in [0.25, 0.3) is 0 Å². The summed E-state index contributed by atoms with van der Waals surface area (Å²) >= 11 is 0. The van der Waals surface area contributed by atoms with E-state index in [1.54, 1.807) is 6.92 Å². The second-order valence-corrected chi connectivity index (χ2v) is 6.54. The zero-order valence-corrected chi connectivity index (χ0v) is 13.3. The number of aliphatic hydroxyl groups excluding tert-OH is 1. The van der Waals surface area contributed by atoms with Crippen molar-refractivity contribution in [2.75, 3.05) is 6.61 Å². The molecule has 2 aliphatic rings. The van der Waals surface area contributed by atoms with Crippen molar-refractivity contribution >= 4 is 5.97 Å². The summed E-state index contributed by atoms with van der Waals surface area (Å²) in [6.45, 7) is 4.38. The molecule has 0 spiro atoms. The van der Waals surface area contributed by atoms with E-state index in [4.69, 9.17) is 9.84 Å². The van der Waals surface area contributed by atoms with Crippen LogP contribution in [-0.2, 0) is 9.53 Å². The Bertz CT molecular complexity index is 409. The summed E-state index contributed by atoms with van der Waals surface area (Å²) in [5.74, 6) is 1.70. The molecule has 0 aromatic rings. The molecule has 4 atom stereocenters. The van der Waals surface area contributed by atoms with Crippen molar-refractivity contribution in [3.8, 4) is 0 Å². The van der Waals surface area contributed by atoms with Crippen LogP contribution < -0.4 is 0 Å². The lowest BCUT2D eigenvalue weighted by atomic mass is 9.68. The molecular weight excluding hydrogens is 264 g/mol. The maximum atomic E-state index is 11.4. The van der Waals surface area contributed by atoms with Crippen LogP contribution in [0, 0.1) is 17.8 Å². The molecule has 2 aliphatic carbocycles. The molecule has 2 unspecified atom stereocenters. The van der Waals surface area contributed by atoms with E-state index in [1.165, 1.54) is 24.8 Å². The van der Waals surface area contributed by atoms with Gasteiger partial charge in [-0.15, -0.1) is 0 Å². The first-order valence-corrected chi connectivity index (χ1v) is 8.30. The Morgan fingerprint density at radius 1 is 1.52 bits per heavy atom. The number of allylic oxidation sites excluding steroid dienone is 4. The molecule has 2 rings (SSSR count). The number of fused-ring (bicyclic) bond motifs is 1. The minimum Gasteiger partial charge on any atom is -0.466 e. The second kappa shape index (κ2) is 7.79. The molecule has 0 aromatic carbocycles. The fourth-order valence-corrected chi connectivity index (χ4v) is 3.62. The van der Waals surface area contributed by atoms with Crippen LogP contribution in [0.25, 0.3) is 0 Å². The molecule has 0 radical (unpaired) electrons. The highest BCUT2D eigenvalue weighted by atomic mass is 16.5. The quantitative estimate of drug-likeness (QED) is 0.600. The molecule has 1 N–H and O–H groups in total. The Hall–Kier alpha value is -1.09. The Morgan fingerprint density at radius 3 is 3.10 bits per heavy atom. The summed E-state index contributed by atoms with van der Waals surface area (Å²) in [5.41, 5.74) is 1.52. The summed E-state index contributed by atoms with van der Waals surface area (Å²) in [6, 6.07) is 0. The second-order valence-electron chi connectivity index (χ2n) is 6.54. The van der Waals surface area contributed by atoms with E-state index in [1.807, 2.05) is 0 Å². The van der Waals surface area contributed by atoms with Crippen LogP contribution in [0.1, 0.15) is 52.4 Å². The zero-order chi connectivity index (χ0) is 15.2. The van der Waals surface area contributed by atoms with Crippen LogP contribution >= 0.6 is 0 Å². The first-order valence-electron chi connectivity index (χ1n) is 8.30. The van der Waals surface area contributed by atoms with E-state index in [0.717, 1.165) is 12.8 Å². The maximum absolute atomic E-state index is 11.4. The van der Waals surface area contributed by atoms with Crippen molar-refractivity contribution in [2.45, 2.75) is 58.5 Å². The van der Waals surface area contributed by atoms with Crippen LogP contribution in [0.4, 0.5) is 0 Å². The Labute approximate surface area is 128 Å². The molecule has 3 heteroatoms. The van der Waals surface area contributed by atoms with Crippen molar-refractivity contribution in [3.05, 3.63) is 23.8 Å². The molecule has 0 saturated carbocycles. The highest BCUT2D eigenvalue weighted by Gasteiger charge is 2.31. The van der Waals surface area contributed by atoms with E-state index < -0.39 is 6.10 Å². The third-order valence-corrected chi connectivity index (χ3v) is 4.72. The van der Waals surface area contributed by atoms with Gasteiger partial charge in [-0.1, -0.05) is 25.2 Å². The predicted octanol–water partition coefficient (Wildman–Crippen LogP) is 3.63. The van der Waals surface area contributed by atoms with E-state index >= 15 is 0 Å². The Balaban J connectivity index is 1.77. The normalized spacial score (nSPS) is 29.5. The van der Waals surface area contributed by atoms with Gasteiger partial charge < -0.3 is 9.84 Å². The first kappa shape index (κ1) is 16.3. The average Bonchev–Trinajstić information content (AvgIpc) is 2.44. The number of aliphatic hydroxyl groups is 1. The summed E-state index contributed by atoms with van der Waals surface area (Å²) in [6.07, 6.45) is 12.4. The van der Waals surface area contributed by atoms with Crippen LogP contribution in [0.2, 0.25) is 0 Å². The number of hydrogen-bond donors (Lipinski definition) is 1. The van der Waals surface area contributed by atoms with Gasteiger partial charge in [-0.3, -0.25) is 4.79 Å². The van der Waals surface area contributed by atoms with Gasteiger partial charge in [-0.2, -0.15) is 0 Å². The van der Waals surface area contributed by atoms with Crippen LogP contribution in [0.15, 0.2) is 23.8 Å². The predicted molar refractivity (Wildman–Crippen MR) is 83.7 cm³/mol. The van der Waals surface area contributed by atoms with Crippen molar-refractivity contribution in [3.63, 3.8) is 0 Å². The number of carbonyl (C=O) groups excluding carboxylic acids is 1. The molecule has 0 saturated heterocycles. The van der Waals surface area contributed by atoms with Crippen molar-refractivity contribution < 1.29 is 14.6 Å². The van der Waals surface area contributed by atoms with Gasteiger partial charge in [0.1, 0.15) is 0 Å². The molecule has 0 bridgehead atoms. The molecule has 0 amide bonds. The minimum atomic E-state index is -0.615. The van der Waals surface area contributed by atoms with Gasteiger partial charge in [-0.25, -0.2) is 0 Å². The smallest absolute Gasteiger partial charge is 0.308 e. The maximum Gasteiger partial charge on any atom is 0.308 e. The Kier molecular flexibility index (Phi) is 6.04. The summed E-state index contributed by atoms with van der Waals surface area (Å²) in [7, 11) is 0. The van der Waals surface area contributed by atoms with Gasteiger partial charge >= 0.3 is 5.97 Å². The summed E-state index contributed by atoms with van der Waals surface area (Å²) in [4.78, 5) is 11.4. The molecule has 0 aromatic heterocycles. The molecule has 21 heavy (non-hydrogen) atoms. The van der Waals surface area contributed by atoms with Gasteiger partial charge in [0, 0.05) is 0 Å². The standard InChI is InChI=1S/C18H28O3/c1-13-9-10-15-6-3-4-7-17(15)16(13)8-5-11-21-18(20)12-14(2)19/h6,9-10,13-14,16-17,19H,3-5,7-8,11-12H2,1-2H3/t13?,14-,16+,17?/m1/s1. The third-order valence-electron chi connectivity index (χ3n) is 4.72. The highest BCUT2D eigenvalue weighted by molar-refractivity contribution is 5.69. The highest BCUT2D eigenvalue weighted by Crippen LogP contribution is 2.41. The summed E-state index contributed by atoms with van der Waals surface area (Å²) in [5, 5.41) is 9.13. The van der Waals surface area contributed by atoms with Gasteiger partial charge in [0.15, 0.2) is 0 Å². The van der Waals surface area contributed by atoms with Gasteiger partial charge in [0.05, 0.1) is 19.1 Å². The topological polar surface area (TPSA) is 46.5 Å². The first-order chi connectivity index (χ1) is 10.1. The SMILES string of the molecule is CC1C=CC2=CCCCC2[C@H]1CCCOC(=O)C[C@@H](C)O. The van der Waals surface area contributed by atoms with Crippen LogP contribution in [0.5, 0.6) is 0 Å². The zero-order valence-electron chi connectivity index (χ0n) is 13.3. The van der Waals surface area contributed by atoms with Crippen LogP contribution in [-0.4, -0.2) is 23.8 Å². The lowest BCUT2D eigenvalue weighted by molar-refractivity contribution is -0.145. The molecule has 0 aliphatic heterocycles. The van der Waals surface area contributed by atoms with E-state index in [2.05, 4.69) is 25.2 Å². The lowest BCUT2D eigenvalue weighted by Gasteiger charge is -2.37. The summed E-state index contributed by atoms with van der Waals surface area (Å²) < 4.78 is 5.18. The Morgan fingerprint density at radius 2 is 2.33 bits per heavy atom. The molecular formula is C18H28O3. The number of rotatable bonds is 6. The minimum absolute atomic E-state index is 0.0953. The van der Waals surface area contributed by atoms with Gasteiger partial charge in [0.2, 0.25) is 0 Å². The largest absolute Gasteiger partial charge is 0.466 e. The molecule has 118 valence electrons. The average molecular weight is 292 g/mol. The monoisotopic (exact) mass is 292 g/mol. The number of ether oxygens (including phenoxy) is 1. The number of hydrogen-bond acceptors (Lipinski definition) is 3. The van der Waals surface area contributed by atoms with Crippen molar-refractivity contribution in [1.82, 2.24) is 0 Å². The van der Waals surface area contributed by atoms with E-state index in [0.29, 0.717) is 24.4 Å². The molecule has 0 fully saturated rings. The lowest BCUT2D eigenvalue weighted by Crippen LogP contribution is -2.27.